The molecule has 1 aliphatic rings. The molecule has 20 heavy (non-hydrogen) atoms. The summed E-state index contributed by atoms with van der Waals surface area (Å²) in [5.41, 5.74) is 0.557. The van der Waals surface area contributed by atoms with Gasteiger partial charge in [0.1, 0.15) is 5.82 Å². The van der Waals surface area contributed by atoms with Crippen molar-refractivity contribution in [3.8, 4) is 0 Å². The lowest BCUT2D eigenvalue weighted by molar-refractivity contribution is -0.137. The molecule has 1 heterocycles. The normalized spacial score (nSPS) is 18.3. The van der Waals surface area contributed by atoms with E-state index in [1.54, 1.807) is 24.0 Å². The van der Waals surface area contributed by atoms with Gasteiger partial charge in [-0.1, -0.05) is 12.1 Å². The van der Waals surface area contributed by atoms with Crippen molar-refractivity contribution in [3.05, 3.63) is 35.1 Å². The average molecular weight is 279 g/mol. The van der Waals surface area contributed by atoms with Crippen molar-refractivity contribution in [3.63, 3.8) is 0 Å². The maximum absolute atomic E-state index is 13.9. The van der Waals surface area contributed by atoms with Gasteiger partial charge in [-0.15, -0.1) is 0 Å². The predicted octanol–water partition coefficient (Wildman–Crippen LogP) is 2.46. The lowest BCUT2D eigenvalue weighted by Gasteiger charge is -2.17. The standard InChI is InChI=1S/C15H18FNO3/c1-10-3-2-4-12(14(10)16)15(20)17-8-7-11(9-17)5-6-13(18)19/h2-4,11H,5-9H2,1H3,(H,18,19). The molecule has 1 N–H and O–H groups in total. The molecule has 1 aromatic carbocycles. The van der Waals surface area contributed by atoms with Crippen molar-refractivity contribution in [2.45, 2.75) is 26.2 Å². The SMILES string of the molecule is Cc1cccc(C(=O)N2CCC(CCC(=O)O)C2)c1F. The molecule has 0 aliphatic carbocycles. The Bertz CT molecular complexity index is 530. The van der Waals surface area contributed by atoms with Crippen LogP contribution in [0.2, 0.25) is 0 Å². The van der Waals surface area contributed by atoms with Crippen molar-refractivity contribution in [2.75, 3.05) is 13.1 Å². The third kappa shape index (κ3) is 3.15. The van der Waals surface area contributed by atoms with Crippen LogP contribution < -0.4 is 0 Å². The number of carbonyl (C=O) groups excluding carboxylic acids is 1. The summed E-state index contributed by atoms with van der Waals surface area (Å²) in [6.07, 6.45) is 1.47. The van der Waals surface area contributed by atoms with Crippen LogP contribution in [0.3, 0.4) is 0 Å². The molecule has 0 aromatic heterocycles. The van der Waals surface area contributed by atoms with E-state index in [4.69, 9.17) is 5.11 Å². The van der Waals surface area contributed by atoms with Crippen LogP contribution in [0.15, 0.2) is 18.2 Å². The number of likely N-dealkylation sites (tertiary alicyclic amines) is 1. The predicted molar refractivity (Wildman–Crippen MR) is 72.0 cm³/mol. The Balaban J connectivity index is 2.01. The van der Waals surface area contributed by atoms with Gasteiger partial charge in [0.2, 0.25) is 0 Å². The van der Waals surface area contributed by atoms with Gasteiger partial charge in [-0.25, -0.2) is 4.39 Å². The Labute approximate surface area is 117 Å². The molecule has 0 saturated carbocycles. The Morgan fingerprint density at radius 2 is 2.20 bits per heavy atom. The maximum atomic E-state index is 13.9. The first-order valence-electron chi connectivity index (χ1n) is 6.75. The molecule has 0 bridgehead atoms. The fraction of sp³-hybridized carbons (Fsp3) is 0.467. The van der Waals surface area contributed by atoms with E-state index in [0.717, 1.165) is 6.42 Å². The van der Waals surface area contributed by atoms with Gasteiger partial charge >= 0.3 is 5.97 Å². The van der Waals surface area contributed by atoms with Crippen molar-refractivity contribution in [1.29, 1.82) is 0 Å². The number of carbonyl (C=O) groups is 2. The Hall–Kier alpha value is -1.91. The molecule has 5 heteroatoms. The quantitative estimate of drug-likeness (QED) is 0.921. The molecular formula is C15H18FNO3. The third-order valence-electron chi connectivity index (χ3n) is 3.76. The summed E-state index contributed by atoms with van der Waals surface area (Å²) < 4.78 is 13.9. The van der Waals surface area contributed by atoms with E-state index in [9.17, 15) is 14.0 Å². The molecule has 1 amide bonds. The van der Waals surface area contributed by atoms with E-state index in [-0.39, 0.29) is 23.8 Å². The van der Waals surface area contributed by atoms with Crippen molar-refractivity contribution in [1.82, 2.24) is 4.90 Å². The number of amides is 1. The molecule has 4 nitrogen and oxygen atoms in total. The molecule has 108 valence electrons. The van der Waals surface area contributed by atoms with E-state index in [2.05, 4.69) is 0 Å². The van der Waals surface area contributed by atoms with Crippen molar-refractivity contribution < 1.29 is 19.1 Å². The summed E-state index contributed by atoms with van der Waals surface area (Å²) in [5.74, 6) is -1.39. The fourth-order valence-electron chi connectivity index (χ4n) is 2.56. The number of hydrogen-bond donors (Lipinski definition) is 1. The number of carboxylic acid groups (broad SMARTS) is 1. The van der Waals surface area contributed by atoms with E-state index >= 15 is 0 Å². The van der Waals surface area contributed by atoms with E-state index < -0.39 is 11.8 Å². The number of aryl methyl sites for hydroxylation is 1. The summed E-state index contributed by atoms with van der Waals surface area (Å²) >= 11 is 0. The highest BCUT2D eigenvalue weighted by Gasteiger charge is 2.28. The first-order valence-corrected chi connectivity index (χ1v) is 6.75. The van der Waals surface area contributed by atoms with Gasteiger partial charge in [0.05, 0.1) is 5.56 Å². The van der Waals surface area contributed by atoms with Crippen molar-refractivity contribution >= 4 is 11.9 Å². The van der Waals surface area contributed by atoms with Gasteiger partial charge in [-0.2, -0.15) is 0 Å². The Morgan fingerprint density at radius 1 is 1.45 bits per heavy atom. The number of carboxylic acids is 1. The first-order chi connectivity index (χ1) is 9.49. The number of hydrogen-bond acceptors (Lipinski definition) is 2. The summed E-state index contributed by atoms with van der Waals surface area (Å²) in [6.45, 7) is 2.71. The van der Waals surface area contributed by atoms with E-state index in [1.165, 1.54) is 6.07 Å². The maximum Gasteiger partial charge on any atom is 0.303 e. The highest BCUT2D eigenvalue weighted by Crippen LogP contribution is 2.24. The van der Waals surface area contributed by atoms with Gasteiger partial charge in [0.15, 0.2) is 0 Å². The van der Waals surface area contributed by atoms with Gasteiger partial charge in [-0.3, -0.25) is 9.59 Å². The fourth-order valence-corrected chi connectivity index (χ4v) is 2.56. The third-order valence-corrected chi connectivity index (χ3v) is 3.76. The molecule has 1 unspecified atom stereocenters. The Kier molecular flexibility index (Phi) is 4.37. The molecule has 1 fully saturated rings. The smallest absolute Gasteiger partial charge is 0.303 e. The lowest BCUT2D eigenvalue weighted by Crippen LogP contribution is -2.29. The van der Waals surface area contributed by atoms with Crippen LogP contribution in [0.4, 0.5) is 4.39 Å². The summed E-state index contributed by atoms with van der Waals surface area (Å²) in [5, 5.41) is 8.66. The number of rotatable bonds is 4. The topological polar surface area (TPSA) is 57.6 Å². The Morgan fingerprint density at radius 3 is 2.90 bits per heavy atom. The van der Waals surface area contributed by atoms with Crippen molar-refractivity contribution in [2.24, 2.45) is 5.92 Å². The molecule has 1 aliphatic heterocycles. The molecule has 2 rings (SSSR count). The minimum atomic E-state index is -0.820. The largest absolute Gasteiger partial charge is 0.481 e. The van der Waals surface area contributed by atoms with Crippen LogP contribution in [-0.2, 0) is 4.79 Å². The highest BCUT2D eigenvalue weighted by atomic mass is 19.1. The lowest BCUT2D eigenvalue weighted by atomic mass is 10.0. The van der Waals surface area contributed by atoms with Gasteiger partial charge in [-0.05, 0) is 37.3 Å². The number of aliphatic carboxylic acids is 1. The highest BCUT2D eigenvalue weighted by molar-refractivity contribution is 5.94. The van der Waals surface area contributed by atoms with Gasteiger partial charge < -0.3 is 10.0 Å². The molecule has 0 spiro atoms. The van der Waals surface area contributed by atoms with Crippen LogP contribution in [0.1, 0.15) is 35.2 Å². The second-order valence-corrected chi connectivity index (χ2v) is 5.27. The van der Waals surface area contributed by atoms with Crippen LogP contribution in [0.5, 0.6) is 0 Å². The summed E-state index contributed by atoms with van der Waals surface area (Å²) in [6, 6.07) is 4.80. The number of halogens is 1. The van der Waals surface area contributed by atoms with Crippen LogP contribution in [0.25, 0.3) is 0 Å². The van der Waals surface area contributed by atoms with Gasteiger partial charge in [0, 0.05) is 19.5 Å². The zero-order valence-electron chi connectivity index (χ0n) is 11.4. The number of benzene rings is 1. The molecule has 1 atom stereocenters. The summed E-state index contributed by atoms with van der Waals surface area (Å²) in [7, 11) is 0. The minimum absolute atomic E-state index is 0.101. The number of nitrogens with zero attached hydrogens (tertiary/aromatic N) is 1. The second-order valence-electron chi connectivity index (χ2n) is 5.27. The second kappa shape index (κ2) is 6.03. The monoisotopic (exact) mass is 279 g/mol. The molecular weight excluding hydrogens is 261 g/mol. The van der Waals surface area contributed by atoms with Crippen LogP contribution in [-0.4, -0.2) is 35.0 Å². The van der Waals surface area contributed by atoms with E-state index in [0.29, 0.717) is 25.1 Å². The zero-order valence-corrected chi connectivity index (χ0v) is 11.4. The van der Waals surface area contributed by atoms with Gasteiger partial charge in [0.25, 0.3) is 5.91 Å². The summed E-state index contributed by atoms with van der Waals surface area (Å²) in [4.78, 5) is 24.4. The molecule has 1 aromatic rings. The van der Waals surface area contributed by atoms with Crippen LogP contribution in [0, 0.1) is 18.7 Å². The van der Waals surface area contributed by atoms with Crippen LogP contribution >= 0.6 is 0 Å². The molecule has 0 radical (unpaired) electrons. The average Bonchev–Trinajstić information content (AvgIpc) is 2.87. The van der Waals surface area contributed by atoms with E-state index in [1.807, 2.05) is 0 Å². The molecule has 1 saturated heterocycles. The zero-order chi connectivity index (χ0) is 14.7. The minimum Gasteiger partial charge on any atom is -0.481 e. The first kappa shape index (κ1) is 14.5.